The van der Waals surface area contributed by atoms with Crippen LogP contribution in [-0.2, 0) is 19.2 Å². The van der Waals surface area contributed by atoms with E-state index in [0.717, 1.165) is 0 Å². The molecule has 8 nitrogen and oxygen atoms in total. The van der Waals surface area contributed by atoms with E-state index in [1.165, 1.54) is 18.9 Å². The molecule has 0 fully saturated rings. The number of amides is 3. The molecule has 0 aliphatic heterocycles. The third-order valence-electron chi connectivity index (χ3n) is 4.15. The number of nitrogens with one attached hydrogen (secondary N) is 1. The van der Waals surface area contributed by atoms with Gasteiger partial charge >= 0.3 is 0 Å². The van der Waals surface area contributed by atoms with Crippen LogP contribution in [-0.4, -0.2) is 53.6 Å². The topological polar surface area (TPSA) is 136 Å². The Bertz CT molecular complexity index is 505. The van der Waals surface area contributed by atoms with Crippen LogP contribution >= 0.6 is 0 Å². The Morgan fingerprint density at radius 1 is 1.04 bits per heavy atom. The number of hydrogen-bond acceptors (Lipinski definition) is 5. The van der Waals surface area contributed by atoms with Gasteiger partial charge in [-0.25, -0.2) is 0 Å². The van der Waals surface area contributed by atoms with Gasteiger partial charge in [0, 0.05) is 13.5 Å². The molecule has 0 aromatic carbocycles. The summed E-state index contributed by atoms with van der Waals surface area (Å²) in [6.45, 7) is 8.61. The largest absolute Gasteiger partial charge is 0.370 e. The molecular weight excluding hydrogens is 324 g/mol. The van der Waals surface area contributed by atoms with E-state index in [1.807, 2.05) is 13.8 Å². The predicted molar refractivity (Wildman–Crippen MR) is 95.2 cm³/mol. The summed E-state index contributed by atoms with van der Waals surface area (Å²) in [6.07, 6.45) is 0.119. The number of rotatable bonds is 10. The van der Waals surface area contributed by atoms with E-state index in [9.17, 15) is 19.2 Å². The van der Waals surface area contributed by atoms with E-state index in [4.69, 9.17) is 11.5 Å². The monoisotopic (exact) mass is 356 g/mol. The fourth-order valence-electron chi connectivity index (χ4n) is 2.50. The number of nitrogens with two attached hydrogens (primary N) is 2. The molecule has 0 spiro atoms. The van der Waals surface area contributed by atoms with Gasteiger partial charge in [-0.2, -0.15) is 0 Å². The lowest BCUT2D eigenvalue weighted by Gasteiger charge is -2.33. The minimum Gasteiger partial charge on any atom is -0.370 e. The minimum absolute atomic E-state index is 0.0101. The second-order valence-electron chi connectivity index (χ2n) is 7.08. The first kappa shape index (κ1) is 23.0. The number of primary amides is 1. The molecule has 0 aliphatic carbocycles. The van der Waals surface area contributed by atoms with Crippen LogP contribution in [0.25, 0.3) is 0 Å². The number of ketones is 1. The number of carbonyl (C=O) groups excluding carboxylic acids is 4. The second-order valence-corrected chi connectivity index (χ2v) is 7.08. The Hall–Kier alpha value is -1.96. The highest BCUT2D eigenvalue weighted by molar-refractivity contribution is 5.93. The highest BCUT2D eigenvalue weighted by atomic mass is 16.2. The zero-order chi connectivity index (χ0) is 19.9. The maximum Gasteiger partial charge on any atom is 0.243 e. The Kier molecular flexibility index (Phi) is 9.33. The van der Waals surface area contributed by atoms with E-state index < -0.39 is 29.9 Å². The zero-order valence-corrected chi connectivity index (χ0v) is 16.0. The first-order chi connectivity index (χ1) is 11.4. The van der Waals surface area contributed by atoms with Crippen molar-refractivity contribution in [2.75, 3.05) is 7.05 Å². The summed E-state index contributed by atoms with van der Waals surface area (Å²) in [5.74, 6) is -1.85. The predicted octanol–water partition coefficient (Wildman–Crippen LogP) is -0.208. The first-order valence-corrected chi connectivity index (χ1v) is 8.51. The molecule has 0 aliphatic rings. The van der Waals surface area contributed by atoms with Crippen LogP contribution in [0.3, 0.4) is 0 Å². The normalized spacial score (nSPS) is 14.8. The molecule has 0 bridgehead atoms. The Labute approximate surface area is 149 Å². The Balaban J connectivity index is 5.24. The molecule has 0 aromatic rings. The molecule has 0 saturated heterocycles. The lowest BCUT2D eigenvalue weighted by molar-refractivity contribution is -0.143. The summed E-state index contributed by atoms with van der Waals surface area (Å²) in [4.78, 5) is 49.1. The number of carbonyl (C=O) groups is 4. The lowest BCUT2D eigenvalue weighted by Crippen LogP contribution is -2.57. The van der Waals surface area contributed by atoms with Crippen molar-refractivity contribution in [2.24, 2.45) is 23.3 Å². The molecule has 0 rings (SSSR count). The molecule has 0 heterocycles. The maximum atomic E-state index is 12.7. The molecule has 144 valence electrons. The van der Waals surface area contributed by atoms with Crippen LogP contribution in [0, 0.1) is 11.8 Å². The quantitative estimate of drug-likeness (QED) is 0.498. The molecule has 0 radical (unpaired) electrons. The van der Waals surface area contributed by atoms with E-state index in [0.29, 0.717) is 0 Å². The van der Waals surface area contributed by atoms with Gasteiger partial charge in [-0.15, -0.1) is 0 Å². The van der Waals surface area contributed by atoms with E-state index in [2.05, 4.69) is 5.32 Å². The van der Waals surface area contributed by atoms with Gasteiger partial charge in [-0.3, -0.25) is 19.2 Å². The number of likely N-dealkylation sites (N-methyl/N-ethyl adjacent to an activating group) is 1. The van der Waals surface area contributed by atoms with Gasteiger partial charge in [0.05, 0.1) is 12.1 Å². The van der Waals surface area contributed by atoms with Crippen LogP contribution in [0.5, 0.6) is 0 Å². The van der Waals surface area contributed by atoms with Crippen LogP contribution < -0.4 is 16.8 Å². The summed E-state index contributed by atoms with van der Waals surface area (Å²) in [6, 6.07) is -2.30. The van der Waals surface area contributed by atoms with Crippen molar-refractivity contribution in [3.8, 4) is 0 Å². The molecule has 25 heavy (non-hydrogen) atoms. The third kappa shape index (κ3) is 7.21. The number of nitrogens with zero attached hydrogens (tertiary/aromatic N) is 1. The lowest BCUT2D eigenvalue weighted by atomic mass is 9.97. The Morgan fingerprint density at radius 2 is 1.56 bits per heavy atom. The van der Waals surface area contributed by atoms with Gasteiger partial charge in [0.15, 0.2) is 5.78 Å². The van der Waals surface area contributed by atoms with E-state index >= 15 is 0 Å². The van der Waals surface area contributed by atoms with Crippen LogP contribution in [0.2, 0.25) is 0 Å². The fraction of sp³-hybridized carbons (Fsp3) is 0.765. The van der Waals surface area contributed by atoms with Gasteiger partial charge in [0.25, 0.3) is 0 Å². The molecule has 0 unspecified atom stereocenters. The summed E-state index contributed by atoms with van der Waals surface area (Å²) in [7, 11) is 1.53. The molecular formula is C17H32N4O4. The number of Topliss-reactive ketones (excluding diaryl/α,β-unsaturated/α-hetero) is 1. The van der Waals surface area contributed by atoms with Gasteiger partial charge in [-0.1, -0.05) is 27.7 Å². The average molecular weight is 356 g/mol. The van der Waals surface area contributed by atoms with Crippen LogP contribution in [0.15, 0.2) is 0 Å². The van der Waals surface area contributed by atoms with Crippen molar-refractivity contribution in [2.45, 2.75) is 65.6 Å². The van der Waals surface area contributed by atoms with Crippen LogP contribution in [0.1, 0.15) is 47.5 Å². The van der Waals surface area contributed by atoms with Gasteiger partial charge in [-0.05, 0) is 25.2 Å². The second kappa shape index (κ2) is 10.1. The summed E-state index contributed by atoms with van der Waals surface area (Å²) in [5.41, 5.74) is 11.0. The van der Waals surface area contributed by atoms with E-state index in [-0.39, 0.29) is 36.4 Å². The van der Waals surface area contributed by atoms with Crippen molar-refractivity contribution in [1.82, 2.24) is 10.2 Å². The van der Waals surface area contributed by atoms with Gasteiger partial charge < -0.3 is 21.7 Å². The van der Waals surface area contributed by atoms with Gasteiger partial charge in [0.1, 0.15) is 6.04 Å². The highest BCUT2D eigenvalue weighted by Crippen LogP contribution is 2.14. The first-order valence-electron chi connectivity index (χ1n) is 8.51. The van der Waals surface area contributed by atoms with Crippen molar-refractivity contribution in [3.63, 3.8) is 0 Å². The third-order valence-corrected chi connectivity index (χ3v) is 4.15. The van der Waals surface area contributed by atoms with Crippen molar-refractivity contribution in [3.05, 3.63) is 0 Å². The zero-order valence-electron chi connectivity index (χ0n) is 16.0. The fourth-order valence-corrected chi connectivity index (χ4v) is 2.50. The SMILES string of the molecule is CC(=O)[C@H](CCC(N)=O)NC(=O)[C@H](C(C)C)N(C)C(=O)[C@@H](N)C(C)C. The summed E-state index contributed by atoms with van der Waals surface area (Å²) >= 11 is 0. The van der Waals surface area contributed by atoms with Crippen LogP contribution in [0.4, 0.5) is 0 Å². The molecule has 3 atom stereocenters. The van der Waals surface area contributed by atoms with E-state index in [1.54, 1.807) is 13.8 Å². The van der Waals surface area contributed by atoms with Crippen molar-refractivity contribution in [1.29, 1.82) is 0 Å². The van der Waals surface area contributed by atoms with Crippen molar-refractivity contribution < 1.29 is 19.2 Å². The smallest absolute Gasteiger partial charge is 0.243 e. The standard InChI is InChI=1S/C17H32N4O4/c1-9(2)14(19)17(25)21(6)15(10(3)4)16(24)20-12(11(5)22)7-8-13(18)23/h9-10,12,14-15H,7-8,19H2,1-6H3,(H2,18,23)(H,20,24)/t12-,14-,15-/m0/s1. The molecule has 8 heteroatoms. The summed E-state index contributed by atoms with van der Waals surface area (Å²) < 4.78 is 0. The summed E-state index contributed by atoms with van der Waals surface area (Å²) in [5, 5.41) is 2.63. The van der Waals surface area contributed by atoms with Crippen molar-refractivity contribution >= 4 is 23.5 Å². The minimum atomic E-state index is -0.816. The molecule has 0 saturated carbocycles. The Morgan fingerprint density at radius 3 is 1.92 bits per heavy atom. The molecule has 5 N–H and O–H groups in total. The molecule has 0 aromatic heterocycles. The molecule has 3 amide bonds. The maximum absolute atomic E-state index is 12.7. The average Bonchev–Trinajstić information content (AvgIpc) is 2.48. The number of hydrogen-bond donors (Lipinski definition) is 3. The van der Waals surface area contributed by atoms with Gasteiger partial charge in [0.2, 0.25) is 17.7 Å². The highest BCUT2D eigenvalue weighted by Gasteiger charge is 2.34.